The molecule has 1 atom stereocenters. The molecule has 1 aromatic carbocycles. The van der Waals surface area contributed by atoms with Gasteiger partial charge in [-0.2, -0.15) is 0 Å². The average Bonchev–Trinajstić information content (AvgIpc) is 2.97. The zero-order valence-electron chi connectivity index (χ0n) is 13.4. The minimum Gasteiger partial charge on any atom is -0.496 e. The lowest BCUT2D eigenvalue weighted by molar-refractivity contribution is -0.124. The van der Waals surface area contributed by atoms with E-state index in [4.69, 9.17) is 16.3 Å². The number of carbonyl (C=O) groups excluding carboxylic acids is 2. The zero-order chi connectivity index (χ0) is 16.8. The summed E-state index contributed by atoms with van der Waals surface area (Å²) in [6.45, 7) is 2.45. The number of nitrogens with zero attached hydrogens (tertiary/aromatic N) is 1. The van der Waals surface area contributed by atoms with Gasteiger partial charge in [0, 0.05) is 19.6 Å². The van der Waals surface area contributed by atoms with Crippen LogP contribution in [0, 0.1) is 5.92 Å². The van der Waals surface area contributed by atoms with Crippen LogP contribution in [0.4, 0.5) is 0 Å². The van der Waals surface area contributed by atoms with E-state index in [1.165, 1.54) is 7.11 Å². The van der Waals surface area contributed by atoms with Crippen LogP contribution in [0.3, 0.4) is 0 Å². The van der Waals surface area contributed by atoms with Gasteiger partial charge in [-0.3, -0.25) is 9.59 Å². The highest BCUT2D eigenvalue weighted by Crippen LogP contribution is 2.25. The first-order chi connectivity index (χ1) is 11.0. The van der Waals surface area contributed by atoms with E-state index in [0.717, 1.165) is 19.5 Å². The third-order valence-corrected chi connectivity index (χ3v) is 4.21. The predicted molar refractivity (Wildman–Crippen MR) is 89.0 cm³/mol. The predicted octanol–water partition coefficient (Wildman–Crippen LogP) is 1.15. The molecule has 0 spiro atoms. The first-order valence-electron chi connectivity index (χ1n) is 7.60. The van der Waals surface area contributed by atoms with Gasteiger partial charge >= 0.3 is 0 Å². The van der Waals surface area contributed by atoms with Crippen molar-refractivity contribution in [3.05, 3.63) is 28.8 Å². The number of methoxy groups -OCH3 is 1. The first-order valence-corrected chi connectivity index (χ1v) is 7.97. The molecule has 7 heteroatoms. The molecule has 1 fully saturated rings. The fourth-order valence-electron chi connectivity index (χ4n) is 2.64. The summed E-state index contributed by atoms with van der Waals surface area (Å²) < 4.78 is 5.15. The van der Waals surface area contributed by atoms with E-state index in [0.29, 0.717) is 29.4 Å². The molecule has 1 heterocycles. The molecular weight excluding hydrogens is 318 g/mol. The molecule has 1 aromatic rings. The van der Waals surface area contributed by atoms with E-state index in [1.54, 1.807) is 18.2 Å². The molecule has 0 saturated carbocycles. The first kappa shape index (κ1) is 17.6. The largest absolute Gasteiger partial charge is 0.496 e. The van der Waals surface area contributed by atoms with Crippen molar-refractivity contribution >= 4 is 23.4 Å². The molecule has 0 bridgehead atoms. The van der Waals surface area contributed by atoms with Crippen LogP contribution in [0.25, 0.3) is 0 Å². The Labute approximate surface area is 141 Å². The summed E-state index contributed by atoms with van der Waals surface area (Å²) in [6, 6.07) is 5.04. The molecule has 6 nitrogen and oxygen atoms in total. The number of hydrogen-bond donors (Lipinski definition) is 2. The maximum absolute atomic E-state index is 12.2. The fraction of sp³-hybridized carbons (Fsp3) is 0.500. The third-order valence-electron chi connectivity index (χ3n) is 3.89. The normalized spacial score (nSPS) is 17.8. The topological polar surface area (TPSA) is 70.7 Å². The zero-order valence-corrected chi connectivity index (χ0v) is 14.2. The Hall–Kier alpha value is -1.79. The maximum Gasteiger partial charge on any atom is 0.256 e. The Balaban J connectivity index is 1.78. The van der Waals surface area contributed by atoms with Crippen LogP contribution in [0.2, 0.25) is 5.02 Å². The molecule has 1 unspecified atom stereocenters. The summed E-state index contributed by atoms with van der Waals surface area (Å²) in [7, 11) is 3.49. The lowest BCUT2D eigenvalue weighted by atomic mass is 10.1. The monoisotopic (exact) mass is 339 g/mol. The van der Waals surface area contributed by atoms with Crippen molar-refractivity contribution in [2.45, 2.75) is 6.42 Å². The Bertz CT molecular complexity index is 580. The van der Waals surface area contributed by atoms with Crippen LogP contribution in [-0.2, 0) is 4.79 Å². The lowest BCUT2D eigenvalue weighted by Crippen LogP contribution is -2.38. The molecular formula is C16H22ClN3O3. The van der Waals surface area contributed by atoms with Crippen LogP contribution in [0.15, 0.2) is 18.2 Å². The summed E-state index contributed by atoms with van der Waals surface area (Å²) in [5.74, 6) is 0.189. The van der Waals surface area contributed by atoms with Gasteiger partial charge in [-0.1, -0.05) is 17.7 Å². The number of likely N-dealkylation sites (tertiary alicyclic amines) is 1. The highest BCUT2D eigenvalue weighted by molar-refractivity contribution is 6.34. The Kier molecular flexibility index (Phi) is 6.24. The summed E-state index contributed by atoms with van der Waals surface area (Å²) >= 11 is 6.05. The van der Waals surface area contributed by atoms with Crippen LogP contribution in [0.5, 0.6) is 5.75 Å². The van der Waals surface area contributed by atoms with E-state index in [9.17, 15) is 9.59 Å². The molecule has 0 aliphatic carbocycles. The lowest BCUT2D eigenvalue weighted by Gasteiger charge is -2.13. The number of hydrogen-bond acceptors (Lipinski definition) is 4. The van der Waals surface area contributed by atoms with Crippen molar-refractivity contribution < 1.29 is 14.3 Å². The van der Waals surface area contributed by atoms with Gasteiger partial charge in [0.2, 0.25) is 5.91 Å². The molecule has 23 heavy (non-hydrogen) atoms. The van der Waals surface area contributed by atoms with Crippen LogP contribution < -0.4 is 15.4 Å². The number of amides is 2. The number of ether oxygens (including phenoxy) is 1. The fourth-order valence-corrected chi connectivity index (χ4v) is 2.89. The van der Waals surface area contributed by atoms with Gasteiger partial charge in [-0.25, -0.2) is 0 Å². The van der Waals surface area contributed by atoms with Crippen molar-refractivity contribution in [2.24, 2.45) is 5.92 Å². The molecule has 2 amide bonds. The van der Waals surface area contributed by atoms with Gasteiger partial charge < -0.3 is 20.3 Å². The van der Waals surface area contributed by atoms with Gasteiger partial charge in [0.1, 0.15) is 5.75 Å². The maximum atomic E-state index is 12.2. The SMILES string of the molecule is COc1cccc(Cl)c1C(=O)NCCNC(=O)C1CCN(C)C1. The molecule has 0 radical (unpaired) electrons. The summed E-state index contributed by atoms with van der Waals surface area (Å²) in [4.78, 5) is 26.3. The molecule has 1 saturated heterocycles. The third kappa shape index (κ3) is 4.59. The number of benzene rings is 1. The standard InChI is InChI=1S/C16H22ClN3O3/c1-20-9-6-11(10-20)15(21)18-7-8-19-16(22)14-12(17)4-3-5-13(14)23-2/h3-5,11H,6-10H2,1-2H3,(H,18,21)(H,19,22). The second-order valence-corrected chi connectivity index (χ2v) is 6.02. The van der Waals surface area contributed by atoms with Crippen molar-refractivity contribution in [3.63, 3.8) is 0 Å². The molecule has 1 aliphatic heterocycles. The molecule has 2 rings (SSSR count). The Morgan fingerprint density at radius 2 is 2.09 bits per heavy atom. The van der Waals surface area contributed by atoms with Gasteiger partial charge in [-0.05, 0) is 32.1 Å². The molecule has 2 N–H and O–H groups in total. The number of carbonyl (C=O) groups is 2. The van der Waals surface area contributed by atoms with Crippen molar-refractivity contribution in [3.8, 4) is 5.75 Å². The minimum absolute atomic E-state index is 0.0407. The van der Waals surface area contributed by atoms with Crippen molar-refractivity contribution in [1.82, 2.24) is 15.5 Å². The smallest absolute Gasteiger partial charge is 0.256 e. The molecule has 1 aliphatic rings. The van der Waals surface area contributed by atoms with Crippen LogP contribution in [0.1, 0.15) is 16.8 Å². The van der Waals surface area contributed by atoms with Gasteiger partial charge in [0.15, 0.2) is 0 Å². The summed E-state index contributed by atoms with van der Waals surface area (Å²) in [6.07, 6.45) is 0.880. The Morgan fingerprint density at radius 3 is 2.74 bits per heavy atom. The molecule has 0 aromatic heterocycles. The van der Waals surface area contributed by atoms with Gasteiger partial charge in [-0.15, -0.1) is 0 Å². The van der Waals surface area contributed by atoms with Crippen LogP contribution in [-0.4, -0.2) is 57.1 Å². The van der Waals surface area contributed by atoms with E-state index in [2.05, 4.69) is 15.5 Å². The summed E-state index contributed by atoms with van der Waals surface area (Å²) in [5, 5.41) is 5.92. The number of nitrogens with one attached hydrogen (secondary N) is 2. The van der Waals surface area contributed by atoms with Gasteiger partial charge in [0.25, 0.3) is 5.91 Å². The second kappa shape index (κ2) is 8.17. The Morgan fingerprint density at radius 1 is 1.35 bits per heavy atom. The highest BCUT2D eigenvalue weighted by atomic mass is 35.5. The van der Waals surface area contributed by atoms with Crippen molar-refractivity contribution in [2.75, 3.05) is 40.3 Å². The van der Waals surface area contributed by atoms with E-state index in [-0.39, 0.29) is 17.7 Å². The number of rotatable bonds is 6. The van der Waals surface area contributed by atoms with Crippen LogP contribution >= 0.6 is 11.6 Å². The van der Waals surface area contributed by atoms with E-state index in [1.807, 2.05) is 7.05 Å². The molecule has 126 valence electrons. The highest BCUT2D eigenvalue weighted by Gasteiger charge is 2.25. The van der Waals surface area contributed by atoms with E-state index >= 15 is 0 Å². The van der Waals surface area contributed by atoms with E-state index < -0.39 is 0 Å². The average molecular weight is 340 g/mol. The second-order valence-electron chi connectivity index (χ2n) is 5.61. The van der Waals surface area contributed by atoms with Gasteiger partial charge in [0.05, 0.1) is 23.6 Å². The minimum atomic E-state index is -0.317. The van der Waals surface area contributed by atoms with Crippen molar-refractivity contribution in [1.29, 1.82) is 0 Å². The summed E-state index contributed by atoms with van der Waals surface area (Å²) in [5.41, 5.74) is 0.306. The quantitative estimate of drug-likeness (QED) is 0.763. The number of halogens is 1.